The Morgan fingerprint density at radius 2 is 1.67 bits per heavy atom. The fraction of sp³-hybridized carbons (Fsp3) is 0.562. The standard InChI is InChI=1S/C16H25NO3S/c1-3-5-6-7-8-16(18)14-9-11-15(12-10-14)17-21(19,20)13-4-2/h9-12,17H,3-8,13H2,1-2H3. The van der Waals surface area contributed by atoms with Gasteiger partial charge in [-0.3, -0.25) is 9.52 Å². The molecule has 0 amide bonds. The molecule has 1 aromatic carbocycles. The number of Topliss-reactive ketones (excluding diaryl/α,β-unsaturated/α-hetero) is 1. The van der Waals surface area contributed by atoms with E-state index in [4.69, 9.17) is 0 Å². The smallest absolute Gasteiger partial charge is 0.232 e. The lowest BCUT2D eigenvalue weighted by Crippen LogP contribution is -2.16. The van der Waals surface area contributed by atoms with Crippen LogP contribution in [0.2, 0.25) is 0 Å². The van der Waals surface area contributed by atoms with Crippen LogP contribution in [0.3, 0.4) is 0 Å². The molecule has 0 atom stereocenters. The Labute approximate surface area is 128 Å². The maximum atomic E-state index is 12.0. The maximum Gasteiger partial charge on any atom is 0.232 e. The van der Waals surface area contributed by atoms with Gasteiger partial charge in [0, 0.05) is 17.7 Å². The Hall–Kier alpha value is -1.36. The molecule has 1 rings (SSSR count). The molecule has 4 nitrogen and oxygen atoms in total. The summed E-state index contributed by atoms with van der Waals surface area (Å²) in [5, 5.41) is 0. The Balaban J connectivity index is 2.55. The third-order valence-corrected chi connectivity index (χ3v) is 4.70. The highest BCUT2D eigenvalue weighted by Crippen LogP contribution is 2.14. The average Bonchev–Trinajstić information content (AvgIpc) is 2.43. The third kappa shape index (κ3) is 6.76. The van der Waals surface area contributed by atoms with Crippen molar-refractivity contribution in [3.05, 3.63) is 29.8 Å². The van der Waals surface area contributed by atoms with Gasteiger partial charge in [-0.15, -0.1) is 0 Å². The zero-order chi connectivity index (χ0) is 15.7. The second-order valence-corrected chi connectivity index (χ2v) is 7.07. The topological polar surface area (TPSA) is 63.2 Å². The van der Waals surface area contributed by atoms with Gasteiger partial charge in [0.2, 0.25) is 10.0 Å². The first-order chi connectivity index (χ1) is 9.98. The van der Waals surface area contributed by atoms with Crippen molar-refractivity contribution in [2.45, 2.75) is 52.4 Å². The maximum absolute atomic E-state index is 12.0. The molecule has 1 aromatic rings. The molecule has 0 saturated heterocycles. The minimum atomic E-state index is -3.27. The molecule has 0 heterocycles. The molecule has 0 aliphatic carbocycles. The predicted octanol–water partition coefficient (Wildman–Crippen LogP) is 3.99. The van der Waals surface area contributed by atoms with Crippen molar-refractivity contribution in [2.24, 2.45) is 0 Å². The zero-order valence-electron chi connectivity index (χ0n) is 12.9. The molecule has 0 aliphatic rings. The van der Waals surface area contributed by atoms with Gasteiger partial charge >= 0.3 is 0 Å². The van der Waals surface area contributed by atoms with E-state index in [0.717, 1.165) is 25.7 Å². The van der Waals surface area contributed by atoms with Crippen LogP contribution in [-0.2, 0) is 10.0 Å². The number of hydrogen-bond donors (Lipinski definition) is 1. The summed E-state index contributed by atoms with van der Waals surface area (Å²) in [6.45, 7) is 3.96. The molecule has 0 bridgehead atoms. The highest BCUT2D eigenvalue weighted by atomic mass is 32.2. The summed E-state index contributed by atoms with van der Waals surface area (Å²) >= 11 is 0. The first-order valence-electron chi connectivity index (χ1n) is 7.62. The van der Waals surface area contributed by atoms with E-state index in [9.17, 15) is 13.2 Å². The summed E-state index contributed by atoms with van der Waals surface area (Å²) < 4.78 is 25.8. The van der Waals surface area contributed by atoms with Crippen molar-refractivity contribution in [1.82, 2.24) is 0 Å². The molecular formula is C16H25NO3S. The van der Waals surface area contributed by atoms with Crippen molar-refractivity contribution in [3.63, 3.8) is 0 Å². The van der Waals surface area contributed by atoms with Crippen molar-refractivity contribution >= 4 is 21.5 Å². The fourth-order valence-corrected chi connectivity index (χ4v) is 3.21. The van der Waals surface area contributed by atoms with Crippen LogP contribution in [0.5, 0.6) is 0 Å². The van der Waals surface area contributed by atoms with Gasteiger partial charge in [-0.1, -0.05) is 33.1 Å². The van der Waals surface area contributed by atoms with E-state index < -0.39 is 10.0 Å². The molecule has 5 heteroatoms. The molecule has 0 aliphatic heterocycles. The number of benzene rings is 1. The lowest BCUT2D eigenvalue weighted by atomic mass is 10.0. The van der Waals surface area contributed by atoms with E-state index >= 15 is 0 Å². The number of ketones is 1. The van der Waals surface area contributed by atoms with Crippen LogP contribution < -0.4 is 4.72 Å². The minimum Gasteiger partial charge on any atom is -0.294 e. The zero-order valence-corrected chi connectivity index (χ0v) is 13.7. The first-order valence-corrected chi connectivity index (χ1v) is 9.27. The second kappa shape index (κ2) is 8.82. The minimum absolute atomic E-state index is 0.102. The predicted molar refractivity (Wildman–Crippen MR) is 87.2 cm³/mol. The number of carbonyl (C=O) groups is 1. The average molecular weight is 311 g/mol. The van der Waals surface area contributed by atoms with Crippen molar-refractivity contribution < 1.29 is 13.2 Å². The Bertz CT molecular complexity index is 535. The number of unbranched alkanes of at least 4 members (excludes halogenated alkanes) is 3. The van der Waals surface area contributed by atoms with Gasteiger partial charge in [0.25, 0.3) is 0 Å². The van der Waals surface area contributed by atoms with Gasteiger partial charge in [0.15, 0.2) is 5.78 Å². The number of carbonyl (C=O) groups excluding carboxylic acids is 1. The van der Waals surface area contributed by atoms with Gasteiger partial charge in [0.1, 0.15) is 0 Å². The van der Waals surface area contributed by atoms with E-state index in [-0.39, 0.29) is 11.5 Å². The lowest BCUT2D eigenvalue weighted by molar-refractivity contribution is 0.0979. The summed E-state index contributed by atoms with van der Waals surface area (Å²) in [5.41, 5.74) is 1.15. The van der Waals surface area contributed by atoms with Crippen molar-refractivity contribution in [3.8, 4) is 0 Å². The molecule has 118 valence electrons. The van der Waals surface area contributed by atoms with Crippen molar-refractivity contribution in [1.29, 1.82) is 0 Å². The highest BCUT2D eigenvalue weighted by Gasteiger charge is 2.10. The molecular weight excluding hydrogens is 286 g/mol. The summed E-state index contributed by atoms with van der Waals surface area (Å²) in [5.74, 6) is 0.222. The molecule has 0 aromatic heterocycles. The van der Waals surface area contributed by atoms with E-state index in [0.29, 0.717) is 24.1 Å². The summed E-state index contributed by atoms with van der Waals surface area (Å²) in [4.78, 5) is 12.0. The van der Waals surface area contributed by atoms with Crippen LogP contribution in [0.1, 0.15) is 62.7 Å². The van der Waals surface area contributed by atoms with Gasteiger partial charge in [-0.05, 0) is 37.1 Å². The fourth-order valence-electron chi connectivity index (χ4n) is 2.08. The van der Waals surface area contributed by atoms with E-state index in [1.165, 1.54) is 0 Å². The van der Waals surface area contributed by atoms with Crippen LogP contribution in [0, 0.1) is 0 Å². The Morgan fingerprint density at radius 3 is 2.24 bits per heavy atom. The summed E-state index contributed by atoms with van der Waals surface area (Å²) in [6.07, 6.45) is 5.44. The number of hydrogen-bond acceptors (Lipinski definition) is 3. The van der Waals surface area contributed by atoms with Gasteiger partial charge in [0.05, 0.1) is 5.75 Å². The number of sulfonamides is 1. The molecule has 0 spiro atoms. The van der Waals surface area contributed by atoms with E-state index in [1.54, 1.807) is 24.3 Å². The summed E-state index contributed by atoms with van der Waals surface area (Å²) in [7, 11) is -3.27. The molecule has 0 unspecified atom stereocenters. The molecule has 1 N–H and O–H groups in total. The number of nitrogens with one attached hydrogen (secondary N) is 1. The molecule has 0 radical (unpaired) electrons. The van der Waals surface area contributed by atoms with Gasteiger partial charge in [-0.25, -0.2) is 8.42 Å². The number of rotatable bonds is 10. The summed E-state index contributed by atoms with van der Waals surface area (Å²) in [6, 6.07) is 6.66. The van der Waals surface area contributed by atoms with Crippen LogP contribution in [0.4, 0.5) is 5.69 Å². The van der Waals surface area contributed by atoms with Crippen LogP contribution >= 0.6 is 0 Å². The Morgan fingerprint density at radius 1 is 1.00 bits per heavy atom. The molecule has 0 saturated carbocycles. The van der Waals surface area contributed by atoms with E-state index in [2.05, 4.69) is 11.6 Å². The lowest BCUT2D eigenvalue weighted by Gasteiger charge is -2.07. The first kappa shape index (κ1) is 17.7. The number of anilines is 1. The van der Waals surface area contributed by atoms with Crippen LogP contribution in [0.15, 0.2) is 24.3 Å². The van der Waals surface area contributed by atoms with Crippen LogP contribution in [0.25, 0.3) is 0 Å². The largest absolute Gasteiger partial charge is 0.294 e. The van der Waals surface area contributed by atoms with Gasteiger partial charge in [-0.2, -0.15) is 0 Å². The quantitative estimate of drug-likeness (QED) is 0.525. The second-order valence-electron chi connectivity index (χ2n) is 5.23. The third-order valence-electron chi connectivity index (χ3n) is 3.21. The normalized spacial score (nSPS) is 11.3. The van der Waals surface area contributed by atoms with E-state index in [1.807, 2.05) is 6.92 Å². The SMILES string of the molecule is CCCCCCC(=O)c1ccc(NS(=O)(=O)CCC)cc1. The van der Waals surface area contributed by atoms with Crippen molar-refractivity contribution in [2.75, 3.05) is 10.5 Å². The Kier molecular flexibility index (Phi) is 7.43. The van der Waals surface area contributed by atoms with Crippen LogP contribution in [-0.4, -0.2) is 20.0 Å². The monoisotopic (exact) mass is 311 g/mol. The molecule has 0 fully saturated rings. The highest BCUT2D eigenvalue weighted by molar-refractivity contribution is 7.92. The molecule has 21 heavy (non-hydrogen) atoms. The van der Waals surface area contributed by atoms with Gasteiger partial charge < -0.3 is 0 Å².